The zero-order valence-electron chi connectivity index (χ0n) is 27.5. The first-order valence-electron chi connectivity index (χ1n) is 16.4. The van der Waals surface area contributed by atoms with Gasteiger partial charge in [-0.2, -0.15) is 0 Å². The van der Waals surface area contributed by atoms with Gasteiger partial charge in [-0.15, -0.1) is 12.4 Å². The van der Waals surface area contributed by atoms with Gasteiger partial charge in [-0.05, 0) is 122 Å². The van der Waals surface area contributed by atoms with Crippen LogP contribution in [0.5, 0.6) is 0 Å². The van der Waals surface area contributed by atoms with E-state index in [2.05, 4.69) is 95.4 Å². The molecule has 0 aliphatic carbocycles. The van der Waals surface area contributed by atoms with Crippen LogP contribution in [-0.2, 0) is 38.9 Å². The van der Waals surface area contributed by atoms with E-state index in [9.17, 15) is 10.0 Å². The molecule has 3 aromatic carbocycles. The van der Waals surface area contributed by atoms with Crippen molar-refractivity contribution >= 4 is 42.4 Å². The maximum atomic E-state index is 9.62. The van der Waals surface area contributed by atoms with Crippen LogP contribution >= 0.6 is 28.3 Å². The number of nitrogens with one attached hydrogen (secondary N) is 1. The first-order chi connectivity index (χ1) is 22.8. The molecular weight excluding hydrogens is 687 g/mol. The predicted octanol–water partition coefficient (Wildman–Crippen LogP) is 5.20. The lowest BCUT2D eigenvalue weighted by Gasteiger charge is -2.29. The van der Waals surface area contributed by atoms with Crippen LogP contribution in [0.1, 0.15) is 33.4 Å². The van der Waals surface area contributed by atoms with Gasteiger partial charge in [-0.25, -0.2) is 9.97 Å². The minimum absolute atomic E-state index is 0. The highest BCUT2D eigenvalue weighted by atomic mass is 79.9. The molecule has 0 saturated carbocycles. The summed E-state index contributed by atoms with van der Waals surface area (Å²) >= 11 is 3.47. The van der Waals surface area contributed by atoms with Crippen LogP contribution in [0.3, 0.4) is 0 Å². The largest absolute Gasteiger partial charge is 0.437 e. The summed E-state index contributed by atoms with van der Waals surface area (Å²) < 4.78 is 5.20. The fraction of sp³-hybridized carbons (Fsp3) is 0.314. The van der Waals surface area contributed by atoms with Crippen molar-refractivity contribution in [1.29, 1.82) is 0 Å². The van der Waals surface area contributed by atoms with Crippen LogP contribution in [0.25, 0.3) is 11.4 Å². The Kier molecular flexibility index (Phi) is 12.7. The summed E-state index contributed by atoms with van der Waals surface area (Å²) in [5, 5.41) is 22.5. The second-order valence-corrected chi connectivity index (χ2v) is 13.3. The van der Waals surface area contributed by atoms with Gasteiger partial charge < -0.3 is 34.1 Å². The molecule has 48 heavy (non-hydrogen) atoms. The molecule has 9 nitrogen and oxygen atoms in total. The molecule has 0 bridgehead atoms. The van der Waals surface area contributed by atoms with E-state index in [1.165, 1.54) is 39.1 Å². The van der Waals surface area contributed by atoms with Crippen LogP contribution in [0.4, 0.5) is 0 Å². The molecule has 0 atom stereocenters. The fourth-order valence-electron chi connectivity index (χ4n) is 6.35. The van der Waals surface area contributed by atoms with Crippen molar-refractivity contribution in [2.45, 2.75) is 52.5 Å². The molecule has 13 heteroatoms. The lowest BCUT2D eigenvalue weighted by atomic mass is 9.81. The predicted molar refractivity (Wildman–Crippen MR) is 200 cm³/mol. The summed E-state index contributed by atoms with van der Waals surface area (Å²) in [4.78, 5) is 12.3. The molecule has 0 fully saturated rings. The molecule has 0 amide bonds. The van der Waals surface area contributed by atoms with Gasteiger partial charge in [-0.3, -0.25) is 0 Å². The highest BCUT2D eigenvalue weighted by Gasteiger charge is 2.23. The van der Waals surface area contributed by atoms with Gasteiger partial charge in [0.25, 0.3) is 0 Å². The fourth-order valence-corrected chi connectivity index (χ4v) is 6.76. The first-order valence-corrected chi connectivity index (χ1v) is 17.2. The third kappa shape index (κ3) is 9.06. The summed E-state index contributed by atoms with van der Waals surface area (Å²) in [6, 6.07) is 19.5. The second-order valence-electron chi connectivity index (χ2n) is 12.4. The van der Waals surface area contributed by atoms with Gasteiger partial charge in [0.05, 0.1) is 12.7 Å². The lowest BCUT2D eigenvalue weighted by Crippen LogP contribution is -2.40. The number of benzene rings is 3. The summed E-state index contributed by atoms with van der Waals surface area (Å²) in [6.45, 7) is 9.28. The van der Waals surface area contributed by atoms with E-state index in [0.717, 1.165) is 68.7 Å². The summed E-state index contributed by atoms with van der Waals surface area (Å²) in [5.74, 6) is 0. The molecule has 8 rings (SSSR count). The first kappa shape index (κ1) is 36.1. The van der Waals surface area contributed by atoms with Crippen molar-refractivity contribution in [3.8, 4) is 11.4 Å². The van der Waals surface area contributed by atoms with Crippen molar-refractivity contribution in [3.05, 3.63) is 130 Å². The molecular formula is C35H43B2BrClN7O2. The Labute approximate surface area is 298 Å². The van der Waals surface area contributed by atoms with Crippen LogP contribution < -0.4 is 5.32 Å². The number of imidazole rings is 2. The Morgan fingerprint density at radius 3 is 1.69 bits per heavy atom. The van der Waals surface area contributed by atoms with E-state index in [1.54, 1.807) is 12.4 Å². The molecule has 0 saturated heterocycles. The van der Waals surface area contributed by atoms with Gasteiger partial charge in [0.1, 0.15) is 0 Å². The monoisotopic (exact) mass is 729 g/mol. The van der Waals surface area contributed by atoms with E-state index in [-0.39, 0.29) is 26.5 Å². The molecule has 3 aliphatic rings. The van der Waals surface area contributed by atoms with E-state index in [1.807, 2.05) is 47.8 Å². The van der Waals surface area contributed by atoms with Crippen molar-refractivity contribution in [2.24, 2.45) is 0 Å². The molecule has 5 aromatic rings. The molecule has 0 spiro atoms. The highest BCUT2D eigenvalue weighted by Crippen LogP contribution is 2.24. The van der Waals surface area contributed by atoms with Crippen LogP contribution in [0.2, 0.25) is 13.6 Å². The van der Waals surface area contributed by atoms with Gasteiger partial charge in [-0.1, -0.05) is 34.1 Å². The molecule has 250 valence electrons. The van der Waals surface area contributed by atoms with Crippen molar-refractivity contribution in [2.75, 3.05) is 19.6 Å². The molecule has 0 unspecified atom stereocenters. The van der Waals surface area contributed by atoms with Crippen LogP contribution in [0.15, 0.2) is 96.5 Å². The number of halogens is 2. The topological polar surface area (TPSA) is 94.6 Å². The van der Waals surface area contributed by atoms with Crippen LogP contribution in [-0.4, -0.2) is 72.5 Å². The normalized spacial score (nSPS) is 15.3. The highest BCUT2D eigenvalue weighted by molar-refractivity contribution is 9.10. The van der Waals surface area contributed by atoms with Gasteiger partial charge in [0.2, 0.25) is 0 Å². The lowest BCUT2D eigenvalue weighted by molar-refractivity contribution is 0.347. The van der Waals surface area contributed by atoms with Crippen LogP contribution in [0, 0.1) is 0 Å². The summed E-state index contributed by atoms with van der Waals surface area (Å²) in [7, 11) is -0.710. The van der Waals surface area contributed by atoms with Gasteiger partial charge >= 0.3 is 14.1 Å². The zero-order chi connectivity index (χ0) is 32.8. The number of aromatic nitrogens is 4. The smallest absolute Gasteiger partial charge is 0.376 e. The van der Waals surface area contributed by atoms with E-state index in [4.69, 9.17) is 0 Å². The molecule has 5 heterocycles. The van der Waals surface area contributed by atoms with E-state index < -0.39 is 0 Å². The Morgan fingerprint density at radius 2 is 1.17 bits per heavy atom. The summed E-state index contributed by atoms with van der Waals surface area (Å²) in [5.41, 5.74) is 10.6. The van der Waals surface area contributed by atoms with E-state index >= 15 is 0 Å². The average Bonchev–Trinajstić information content (AvgIpc) is 3.84. The number of hydrogen-bond acceptors (Lipinski definition) is 7. The quantitative estimate of drug-likeness (QED) is 0.219. The molecule has 3 aliphatic heterocycles. The Hall–Kier alpha value is -3.22. The minimum Gasteiger partial charge on any atom is -0.437 e. The average molecular weight is 731 g/mol. The zero-order valence-corrected chi connectivity index (χ0v) is 29.9. The maximum Gasteiger partial charge on any atom is 0.376 e. The number of rotatable bonds is 4. The van der Waals surface area contributed by atoms with Crippen molar-refractivity contribution in [3.63, 3.8) is 0 Å². The number of hydrogen-bond donors (Lipinski definition) is 3. The van der Waals surface area contributed by atoms with Crippen molar-refractivity contribution < 1.29 is 10.0 Å². The Balaban J connectivity index is 0.000000141. The maximum absolute atomic E-state index is 9.62. The Bertz CT molecular complexity index is 1760. The third-order valence-electron chi connectivity index (χ3n) is 9.18. The SMILES string of the molecule is CB(O)N1CCc2cc(-n3ccnc3)ccc2C1.CB(O)N1CCc2cc(Br)ccc2C1.Cl.c1cn(-c2ccc3c(c2)CCNC3)cn1. The third-order valence-corrected chi connectivity index (χ3v) is 9.67. The molecule has 0 radical (unpaired) electrons. The van der Waals surface area contributed by atoms with Gasteiger partial charge in [0, 0.05) is 60.3 Å². The minimum atomic E-state index is -0.369. The van der Waals surface area contributed by atoms with Gasteiger partial charge in [0.15, 0.2) is 0 Å². The molecule has 3 N–H and O–H groups in total. The number of fused-ring (bicyclic) bond motifs is 3. The van der Waals surface area contributed by atoms with E-state index in [0.29, 0.717) is 0 Å². The van der Waals surface area contributed by atoms with Crippen molar-refractivity contribution in [1.82, 2.24) is 34.0 Å². The standard InChI is InChI=1S/C13H16BN3O.C12H13N3.C10H13BBrNO.ClH/c1-14(18)17-6-4-11-8-13(3-2-12(11)9-17)16-7-5-15-10-16;1-2-12(15-6-5-14-9-15)7-10-3-4-13-8-11(1)10;1-11(14)13-5-4-8-6-10(12)3-2-9(8)7-13;/h2-3,5,7-8,10,18H,4,6,9H2,1H3;1-2,5-7,9,13H,3-4,8H2;2-3,6,14H,4-5,7H2,1H3;1H. The second kappa shape index (κ2) is 16.9. The summed E-state index contributed by atoms with van der Waals surface area (Å²) in [6.07, 6.45) is 14.3. The molecule has 2 aromatic heterocycles. The Morgan fingerprint density at radius 1 is 0.667 bits per heavy atom. The number of nitrogens with zero attached hydrogens (tertiary/aromatic N) is 6.